The van der Waals surface area contributed by atoms with Gasteiger partial charge in [-0.15, -0.1) is 0 Å². The maximum absolute atomic E-state index is 9.67. The summed E-state index contributed by atoms with van der Waals surface area (Å²) in [7, 11) is 0. The fraction of sp³-hybridized carbons (Fsp3) is 0.588. The first-order chi connectivity index (χ1) is 9.46. The van der Waals surface area contributed by atoms with Crippen LogP contribution in [-0.4, -0.2) is 0 Å². The Morgan fingerprint density at radius 3 is 2.55 bits per heavy atom. The fourth-order valence-corrected chi connectivity index (χ4v) is 3.96. The zero-order chi connectivity index (χ0) is 14.8. The third kappa shape index (κ3) is 3.57. The highest BCUT2D eigenvalue weighted by Gasteiger charge is 2.36. The number of rotatable bonds is 3. The Kier molecular flexibility index (Phi) is 5.15. The Bertz CT molecular complexity index is 510. The second kappa shape index (κ2) is 6.50. The van der Waals surface area contributed by atoms with E-state index >= 15 is 0 Å². The molecule has 1 aliphatic rings. The molecule has 2 rings (SSSR count). The molecule has 0 unspecified atom stereocenters. The molecule has 20 heavy (non-hydrogen) atoms. The van der Waals surface area contributed by atoms with Crippen LogP contribution in [0.15, 0.2) is 22.7 Å². The Morgan fingerprint density at radius 1 is 1.40 bits per heavy atom. The molecule has 0 N–H and O–H groups in total. The summed E-state index contributed by atoms with van der Waals surface area (Å²) in [5.41, 5.74) is 0.877. The van der Waals surface area contributed by atoms with Crippen LogP contribution in [0.4, 0.5) is 0 Å². The van der Waals surface area contributed by atoms with Crippen molar-refractivity contribution < 1.29 is 0 Å². The van der Waals surface area contributed by atoms with E-state index < -0.39 is 0 Å². The molecule has 0 saturated heterocycles. The third-order valence-electron chi connectivity index (χ3n) is 4.71. The van der Waals surface area contributed by atoms with E-state index in [-0.39, 0.29) is 5.41 Å². The summed E-state index contributed by atoms with van der Waals surface area (Å²) in [4.78, 5) is 0. The molecule has 1 saturated carbocycles. The molecule has 1 aromatic rings. The molecule has 0 spiro atoms. The summed E-state index contributed by atoms with van der Waals surface area (Å²) >= 11 is 9.73. The first-order valence-corrected chi connectivity index (χ1v) is 8.48. The summed E-state index contributed by atoms with van der Waals surface area (Å²) in [6.45, 7) is 4.57. The van der Waals surface area contributed by atoms with Crippen LogP contribution in [-0.2, 0) is 6.42 Å². The number of nitrogens with zero attached hydrogens (tertiary/aromatic N) is 1. The van der Waals surface area contributed by atoms with Gasteiger partial charge in [0.2, 0.25) is 0 Å². The first-order valence-electron chi connectivity index (χ1n) is 7.31. The topological polar surface area (TPSA) is 23.8 Å². The van der Waals surface area contributed by atoms with Crippen molar-refractivity contribution >= 4 is 27.5 Å². The second-order valence-electron chi connectivity index (χ2n) is 6.39. The molecule has 0 amide bonds. The minimum Gasteiger partial charge on any atom is -0.198 e. The smallest absolute Gasteiger partial charge is 0.0693 e. The van der Waals surface area contributed by atoms with Crippen LogP contribution in [0, 0.1) is 28.6 Å². The van der Waals surface area contributed by atoms with Crippen molar-refractivity contribution in [2.75, 3.05) is 0 Å². The molecule has 0 bridgehead atoms. The van der Waals surface area contributed by atoms with Crippen LogP contribution in [0.2, 0.25) is 5.02 Å². The van der Waals surface area contributed by atoms with Gasteiger partial charge in [-0.25, -0.2) is 0 Å². The normalized spacial score (nSPS) is 26.5. The second-order valence-corrected chi connectivity index (χ2v) is 7.71. The monoisotopic (exact) mass is 353 g/mol. The molecule has 1 aromatic carbocycles. The van der Waals surface area contributed by atoms with E-state index in [2.05, 4.69) is 35.8 Å². The molecule has 1 fully saturated rings. The van der Waals surface area contributed by atoms with Crippen LogP contribution >= 0.6 is 27.5 Å². The first kappa shape index (κ1) is 15.9. The zero-order valence-electron chi connectivity index (χ0n) is 12.1. The van der Waals surface area contributed by atoms with Gasteiger partial charge in [-0.3, -0.25) is 0 Å². The minimum atomic E-state index is -0.219. The summed E-state index contributed by atoms with van der Waals surface area (Å²) < 4.78 is 0.987. The van der Waals surface area contributed by atoms with E-state index in [0.717, 1.165) is 46.2 Å². The van der Waals surface area contributed by atoms with Gasteiger partial charge in [0.15, 0.2) is 0 Å². The van der Waals surface area contributed by atoms with Crippen LogP contribution in [0.3, 0.4) is 0 Å². The summed E-state index contributed by atoms with van der Waals surface area (Å²) in [5.74, 6) is 1.50. The Balaban J connectivity index is 2.12. The lowest BCUT2D eigenvalue weighted by molar-refractivity contribution is 0.175. The number of hydrogen-bond acceptors (Lipinski definition) is 1. The van der Waals surface area contributed by atoms with Gasteiger partial charge < -0.3 is 0 Å². The molecule has 0 aromatic heterocycles. The fourth-order valence-electron chi connectivity index (χ4n) is 3.22. The molecular formula is C17H21BrClN. The lowest BCUT2D eigenvalue weighted by Crippen LogP contribution is -2.30. The molecule has 108 valence electrons. The van der Waals surface area contributed by atoms with Gasteiger partial charge in [-0.2, -0.15) is 5.26 Å². The lowest BCUT2D eigenvalue weighted by atomic mass is 9.66. The van der Waals surface area contributed by atoms with Crippen LogP contribution in [0.25, 0.3) is 0 Å². The average Bonchev–Trinajstić information content (AvgIpc) is 2.42. The quantitative estimate of drug-likeness (QED) is 0.653. The minimum absolute atomic E-state index is 0.219. The number of benzene rings is 1. The van der Waals surface area contributed by atoms with Crippen LogP contribution in [0.1, 0.15) is 45.1 Å². The van der Waals surface area contributed by atoms with Crippen molar-refractivity contribution in [1.82, 2.24) is 0 Å². The van der Waals surface area contributed by atoms with Gasteiger partial charge in [0.05, 0.1) is 11.5 Å². The largest absolute Gasteiger partial charge is 0.198 e. The predicted molar refractivity (Wildman–Crippen MR) is 87.7 cm³/mol. The van der Waals surface area contributed by atoms with Gasteiger partial charge >= 0.3 is 0 Å². The number of hydrogen-bond donors (Lipinski definition) is 0. The van der Waals surface area contributed by atoms with Crippen LogP contribution < -0.4 is 0 Å². The molecule has 1 nitrogen and oxygen atoms in total. The maximum Gasteiger partial charge on any atom is 0.0693 e. The van der Waals surface area contributed by atoms with Gasteiger partial charge in [-0.05, 0) is 61.6 Å². The zero-order valence-corrected chi connectivity index (χ0v) is 14.5. The van der Waals surface area contributed by atoms with Gasteiger partial charge in [0, 0.05) is 9.50 Å². The average molecular weight is 355 g/mol. The van der Waals surface area contributed by atoms with Crippen molar-refractivity contribution in [3.63, 3.8) is 0 Å². The molecule has 0 aliphatic heterocycles. The maximum atomic E-state index is 9.67. The van der Waals surface area contributed by atoms with E-state index in [4.69, 9.17) is 11.6 Å². The van der Waals surface area contributed by atoms with E-state index in [0.29, 0.717) is 0 Å². The van der Waals surface area contributed by atoms with Gasteiger partial charge in [0.1, 0.15) is 0 Å². The number of halogens is 2. The van der Waals surface area contributed by atoms with Crippen molar-refractivity contribution in [3.8, 4) is 6.07 Å². The SMILES string of the molecule is CC(C)C1CCC(C#N)(Cc2ccc(Br)cc2Cl)CC1. The molecular weight excluding hydrogens is 334 g/mol. The van der Waals surface area contributed by atoms with Crippen molar-refractivity contribution in [2.45, 2.75) is 46.0 Å². The standard InChI is InChI=1S/C17H21BrClN/c1-12(2)13-5-7-17(11-20,8-6-13)10-14-3-4-15(18)9-16(14)19/h3-4,9,12-13H,5-8,10H2,1-2H3. The van der Waals surface area contributed by atoms with Gasteiger partial charge in [0.25, 0.3) is 0 Å². The van der Waals surface area contributed by atoms with Crippen LogP contribution in [0.5, 0.6) is 0 Å². The Labute approximate surface area is 135 Å². The molecule has 3 heteroatoms. The summed E-state index contributed by atoms with van der Waals surface area (Å²) in [6, 6.07) is 8.56. The summed E-state index contributed by atoms with van der Waals surface area (Å²) in [5, 5.41) is 10.4. The van der Waals surface area contributed by atoms with Crippen molar-refractivity contribution in [3.05, 3.63) is 33.3 Å². The highest BCUT2D eigenvalue weighted by atomic mass is 79.9. The summed E-state index contributed by atoms with van der Waals surface area (Å²) in [6.07, 6.45) is 5.11. The lowest BCUT2D eigenvalue weighted by Gasteiger charge is -2.36. The van der Waals surface area contributed by atoms with Crippen molar-refractivity contribution in [1.29, 1.82) is 5.26 Å². The Morgan fingerprint density at radius 2 is 2.05 bits per heavy atom. The molecule has 0 heterocycles. The molecule has 0 radical (unpaired) electrons. The van der Waals surface area contributed by atoms with Gasteiger partial charge in [-0.1, -0.05) is 47.4 Å². The highest BCUT2D eigenvalue weighted by molar-refractivity contribution is 9.10. The third-order valence-corrected chi connectivity index (χ3v) is 5.56. The van der Waals surface area contributed by atoms with E-state index in [1.54, 1.807) is 0 Å². The predicted octanol–water partition coefficient (Wildman–Crippen LogP) is 6.00. The van der Waals surface area contributed by atoms with E-state index in [9.17, 15) is 5.26 Å². The number of nitriles is 1. The molecule has 1 aliphatic carbocycles. The Hall–Kier alpha value is -0.520. The molecule has 0 atom stereocenters. The highest BCUT2D eigenvalue weighted by Crippen LogP contribution is 2.44. The van der Waals surface area contributed by atoms with Crippen molar-refractivity contribution in [2.24, 2.45) is 17.3 Å². The van der Waals surface area contributed by atoms with E-state index in [1.165, 1.54) is 12.8 Å². The van der Waals surface area contributed by atoms with E-state index in [1.807, 2.05) is 18.2 Å².